The van der Waals surface area contributed by atoms with Gasteiger partial charge in [0.1, 0.15) is 13.2 Å². The van der Waals surface area contributed by atoms with E-state index in [0.29, 0.717) is 32.4 Å². The van der Waals surface area contributed by atoms with Crippen molar-refractivity contribution in [2.45, 2.75) is 181 Å². The van der Waals surface area contributed by atoms with Gasteiger partial charge in [-0.05, 0) is 104 Å². The third kappa shape index (κ3) is 38.9. The molecule has 0 aliphatic heterocycles. The lowest BCUT2D eigenvalue weighted by molar-refractivity contribution is -0.147. The zero-order valence-corrected chi connectivity index (χ0v) is 35.0. The molecule has 0 atom stereocenters. The van der Waals surface area contributed by atoms with Gasteiger partial charge < -0.3 is 19.3 Å². The van der Waals surface area contributed by atoms with Gasteiger partial charge in [0.05, 0.1) is 13.1 Å². The van der Waals surface area contributed by atoms with E-state index in [1.54, 1.807) is 4.90 Å². The highest BCUT2D eigenvalue weighted by molar-refractivity contribution is 5.76. The van der Waals surface area contributed by atoms with Crippen LogP contribution in [0.2, 0.25) is 0 Å². The molecule has 0 spiro atoms. The molecule has 0 aromatic carbocycles. The smallest absolute Gasteiger partial charge is 0.305 e. The van der Waals surface area contributed by atoms with Gasteiger partial charge in [0.25, 0.3) is 0 Å². The Labute approximate surface area is 327 Å². The number of amides is 1. The second-order valence-electron chi connectivity index (χ2n) is 14.7. The van der Waals surface area contributed by atoms with Crippen molar-refractivity contribution in [2.75, 3.05) is 46.9 Å². The van der Waals surface area contributed by atoms with E-state index in [2.05, 4.69) is 67.4 Å². The average molecular weight is 743 g/mol. The molecule has 306 valence electrons. The summed E-state index contributed by atoms with van der Waals surface area (Å²) in [6.45, 7) is 6.26. The summed E-state index contributed by atoms with van der Waals surface area (Å²) in [6, 6.07) is 0. The quantitative estimate of drug-likeness (QED) is 0.0356. The van der Waals surface area contributed by atoms with Gasteiger partial charge in [0.2, 0.25) is 5.91 Å². The van der Waals surface area contributed by atoms with Crippen LogP contribution >= 0.6 is 0 Å². The lowest BCUT2D eigenvalue weighted by Gasteiger charge is -2.23. The number of unbranched alkanes of at least 4 members (excludes halogenated alkanes) is 16. The molecule has 0 aliphatic rings. The lowest BCUT2D eigenvalue weighted by Crippen LogP contribution is -2.37. The number of esters is 2. The Morgan fingerprint density at radius 1 is 0.434 bits per heavy atom. The minimum atomic E-state index is -0.209. The maximum Gasteiger partial charge on any atom is 0.305 e. The standard InChI is InChI=1S/C46H82N2O5/c1-5-7-9-11-13-15-17-19-21-23-25-27-29-31-33-37-45(50)52-42-40-48(44(49)36-35-39-47(3)4)41-43-53-46(51)38-34-32-30-28-26-24-22-20-18-16-14-12-10-8-6-2/h13-16,19-22H,5-12,17-18,23-43H2,1-4H3/b15-13-,16-14-,21-19-,22-20-. The van der Waals surface area contributed by atoms with Gasteiger partial charge in [-0.15, -0.1) is 0 Å². The number of hydrogen-bond acceptors (Lipinski definition) is 6. The first-order valence-electron chi connectivity index (χ1n) is 21.7. The van der Waals surface area contributed by atoms with E-state index in [4.69, 9.17) is 9.47 Å². The number of hydrogen-bond donors (Lipinski definition) is 0. The van der Waals surface area contributed by atoms with Crippen LogP contribution in [-0.2, 0) is 23.9 Å². The van der Waals surface area contributed by atoms with Crippen LogP contribution in [-0.4, -0.2) is 74.6 Å². The number of carbonyl (C=O) groups excluding carboxylic acids is 3. The largest absolute Gasteiger partial charge is 0.464 e. The number of ether oxygens (including phenoxy) is 2. The summed E-state index contributed by atoms with van der Waals surface area (Å²) < 4.78 is 11.0. The Hall–Kier alpha value is -2.67. The Bertz CT molecular complexity index is 907. The molecule has 0 saturated carbocycles. The van der Waals surface area contributed by atoms with Crippen molar-refractivity contribution in [3.05, 3.63) is 48.6 Å². The van der Waals surface area contributed by atoms with Crippen molar-refractivity contribution in [2.24, 2.45) is 0 Å². The summed E-state index contributed by atoms with van der Waals surface area (Å²) in [7, 11) is 3.98. The van der Waals surface area contributed by atoms with Crippen LogP contribution in [0.1, 0.15) is 181 Å². The van der Waals surface area contributed by atoms with Gasteiger partial charge in [0, 0.05) is 19.3 Å². The Morgan fingerprint density at radius 3 is 1.21 bits per heavy atom. The molecule has 0 rings (SSSR count). The monoisotopic (exact) mass is 743 g/mol. The molecule has 0 fully saturated rings. The summed E-state index contributed by atoms with van der Waals surface area (Å²) in [5.74, 6) is -0.416. The highest BCUT2D eigenvalue weighted by Crippen LogP contribution is 2.11. The minimum Gasteiger partial charge on any atom is -0.464 e. The number of rotatable bonds is 38. The Morgan fingerprint density at radius 2 is 0.811 bits per heavy atom. The summed E-state index contributed by atoms with van der Waals surface area (Å²) >= 11 is 0. The molecule has 0 saturated heterocycles. The maximum atomic E-state index is 12.9. The first kappa shape index (κ1) is 50.3. The first-order valence-corrected chi connectivity index (χ1v) is 21.7. The predicted octanol–water partition coefficient (Wildman–Crippen LogP) is 11.9. The van der Waals surface area contributed by atoms with Gasteiger partial charge >= 0.3 is 11.9 Å². The molecular formula is C46H82N2O5. The van der Waals surface area contributed by atoms with E-state index < -0.39 is 0 Å². The van der Waals surface area contributed by atoms with Gasteiger partial charge in [0.15, 0.2) is 0 Å². The second-order valence-corrected chi connectivity index (χ2v) is 14.7. The molecular weight excluding hydrogens is 661 g/mol. The molecule has 7 nitrogen and oxygen atoms in total. The molecule has 1 amide bonds. The topological polar surface area (TPSA) is 76.1 Å². The van der Waals surface area contributed by atoms with Crippen LogP contribution in [0.3, 0.4) is 0 Å². The normalized spacial score (nSPS) is 11.9. The molecule has 0 aromatic rings. The lowest BCUT2D eigenvalue weighted by atomic mass is 10.1. The van der Waals surface area contributed by atoms with E-state index in [1.165, 1.54) is 77.0 Å². The third-order valence-electron chi connectivity index (χ3n) is 9.26. The number of carbonyl (C=O) groups is 3. The third-order valence-corrected chi connectivity index (χ3v) is 9.26. The first-order chi connectivity index (χ1) is 25.9. The highest BCUT2D eigenvalue weighted by atomic mass is 16.5. The van der Waals surface area contributed by atoms with E-state index in [9.17, 15) is 14.4 Å². The molecule has 0 N–H and O–H groups in total. The SMILES string of the molecule is CCCCC/C=C\C/C=C\CCCCCCCC(=O)OCCN(CCOC(=O)CCCCCCC/C=C\C/C=C\CCCCC)C(=O)CCCN(C)C. The fourth-order valence-electron chi connectivity index (χ4n) is 5.91. The zero-order chi connectivity index (χ0) is 38.9. The van der Waals surface area contributed by atoms with Crippen molar-refractivity contribution in [3.8, 4) is 0 Å². The van der Waals surface area contributed by atoms with Crippen LogP contribution in [0.4, 0.5) is 0 Å². The van der Waals surface area contributed by atoms with Crippen LogP contribution < -0.4 is 0 Å². The molecule has 0 bridgehead atoms. The molecule has 0 aliphatic carbocycles. The maximum absolute atomic E-state index is 12.9. The summed E-state index contributed by atoms with van der Waals surface area (Å²) in [6.07, 6.45) is 45.4. The van der Waals surface area contributed by atoms with E-state index in [0.717, 1.165) is 77.2 Å². The molecule has 0 radical (unpaired) electrons. The van der Waals surface area contributed by atoms with E-state index in [-0.39, 0.29) is 31.1 Å². The van der Waals surface area contributed by atoms with Crippen LogP contribution in [0.5, 0.6) is 0 Å². The summed E-state index contributed by atoms with van der Waals surface area (Å²) in [5.41, 5.74) is 0. The zero-order valence-electron chi connectivity index (χ0n) is 35.0. The summed E-state index contributed by atoms with van der Waals surface area (Å²) in [4.78, 5) is 41.4. The molecule has 53 heavy (non-hydrogen) atoms. The molecule has 0 unspecified atom stereocenters. The van der Waals surface area contributed by atoms with Crippen LogP contribution in [0.25, 0.3) is 0 Å². The van der Waals surface area contributed by atoms with E-state index >= 15 is 0 Å². The minimum absolute atomic E-state index is 0.00128. The Kier molecular flexibility index (Phi) is 38.5. The van der Waals surface area contributed by atoms with Crippen molar-refractivity contribution < 1.29 is 23.9 Å². The van der Waals surface area contributed by atoms with Gasteiger partial charge in [-0.1, -0.05) is 127 Å². The summed E-state index contributed by atoms with van der Waals surface area (Å²) in [5, 5.41) is 0. The number of nitrogens with zero attached hydrogens (tertiary/aromatic N) is 2. The second kappa shape index (κ2) is 40.5. The van der Waals surface area contributed by atoms with Gasteiger partial charge in [-0.3, -0.25) is 14.4 Å². The average Bonchev–Trinajstić information content (AvgIpc) is 3.14. The molecule has 0 aromatic heterocycles. The highest BCUT2D eigenvalue weighted by Gasteiger charge is 2.15. The van der Waals surface area contributed by atoms with Crippen molar-refractivity contribution >= 4 is 17.8 Å². The van der Waals surface area contributed by atoms with E-state index in [1.807, 2.05) is 14.1 Å². The van der Waals surface area contributed by atoms with Gasteiger partial charge in [-0.25, -0.2) is 0 Å². The molecule has 0 heterocycles. The van der Waals surface area contributed by atoms with Gasteiger partial charge in [-0.2, -0.15) is 0 Å². The Balaban J connectivity index is 4.11. The fraction of sp³-hybridized carbons (Fsp3) is 0.761. The van der Waals surface area contributed by atoms with Crippen molar-refractivity contribution in [3.63, 3.8) is 0 Å². The molecule has 7 heteroatoms. The van der Waals surface area contributed by atoms with Crippen molar-refractivity contribution in [1.82, 2.24) is 9.80 Å². The number of allylic oxidation sites excluding steroid dienone is 8. The van der Waals surface area contributed by atoms with Crippen LogP contribution in [0.15, 0.2) is 48.6 Å². The predicted molar refractivity (Wildman–Crippen MR) is 225 cm³/mol. The van der Waals surface area contributed by atoms with Crippen molar-refractivity contribution in [1.29, 1.82) is 0 Å². The fourth-order valence-corrected chi connectivity index (χ4v) is 5.91. The van der Waals surface area contributed by atoms with Crippen LogP contribution in [0, 0.1) is 0 Å².